The molecule has 0 saturated carbocycles. The molecule has 0 unspecified atom stereocenters. The van der Waals surface area contributed by atoms with Gasteiger partial charge >= 0.3 is 5.97 Å². The molecule has 0 spiro atoms. The lowest BCUT2D eigenvalue weighted by molar-refractivity contribution is -0.141. The minimum absolute atomic E-state index is 0.0362. The molecule has 1 amide bonds. The number of aliphatic carboxylic acids is 1. The Morgan fingerprint density at radius 2 is 2.24 bits per heavy atom. The van der Waals surface area contributed by atoms with Gasteiger partial charge in [0.15, 0.2) is 0 Å². The van der Waals surface area contributed by atoms with Gasteiger partial charge in [0.1, 0.15) is 5.82 Å². The van der Waals surface area contributed by atoms with Crippen molar-refractivity contribution in [2.75, 3.05) is 11.4 Å². The number of benzene rings is 1. The van der Waals surface area contributed by atoms with E-state index < -0.39 is 17.7 Å². The molecule has 1 aliphatic heterocycles. The molecule has 1 saturated heterocycles. The minimum Gasteiger partial charge on any atom is -0.481 e. The van der Waals surface area contributed by atoms with Gasteiger partial charge in [0.2, 0.25) is 5.91 Å². The Balaban J connectivity index is 2.32. The van der Waals surface area contributed by atoms with Crippen LogP contribution in [0, 0.1) is 18.7 Å². The second-order valence-corrected chi connectivity index (χ2v) is 4.20. The first-order chi connectivity index (χ1) is 7.99. The lowest BCUT2D eigenvalue weighted by Crippen LogP contribution is -2.26. The summed E-state index contributed by atoms with van der Waals surface area (Å²) in [5.41, 5.74) is 0.992. The largest absolute Gasteiger partial charge is 0.481 e. The molecule has 4 nitrogen and oxygen atoms in total. The molecular weight excluding hydrogens is 225 g/mol. The van der Waals surface area contributed by atoms with Crippen LogP contribution < -0.4 is 4.90 Å². The number of aryl methyl sites for hydroxylation is 1. The molecule has 1 aliphatic rings. The fraction of sp³-hybridized carbons (Fsp3) is 0.333. The molecule has 90 valence electrons. The van der Waals surface area contributed by atoms with Gasteiger partial charge < -0.3 is 10.0 Å². The maximum atomic E-state index is 13.6. The van der Waals surface area contributed by atoms with E-state index in [9.17, 15) is 14.0 Å². The van der Waals surface area contributed by atoms with Crippen LogP contribution in [0.25, 0.3) is 0 Å². The Kier molecular flexibility index (Phi) is 2.83. The summed E-state index contributed by atoms with van der Waals surface area (Å²) in [4.78, 5) is 23.7. The molecule has 0 aliphatic carbocycles. The van der Waals surface area contributed by atoms with Gasteiger partial charge in [0, 0.05) is 13.0 Å². The van der Waals surface area contributed by atoms with Crippen LogP contribution in [0.2, 0.25) is 0 Å². The van der Waals surface area contributed by atoms with Crippen LogP contribution in [0.5, 0.6) is 0 Å². The minimum atomic E-state index is -1.02. The monoisotopic (exact) mass is 237 g/mol. The Hall–Kier alpha value is -1.91. The Morgan fingerprint density at radius 1 is 1.53 bits per heavy atom. The highest BCUT2D eigenvalue weighted by Crippen LogP contribution is 2.28. The van der Waals surface area contributed by atoms with Crippen LogP contribution in [-0.2, 0) is 9.59 Å². The van der Waals surface area contributed by atoms with Gasteiger partial charge in [-0.1, -0.05) is 6.07 Å². The van der Waals surface area contributed by atoms with Gasteiger partial charge in [-0.05, 0) is 24.6 Å². The third-order valence-corrected chi connectivity index (χ3v) is 2.87. The summed E-state index contributed by atoms with van der Waals surface area (Å²) in [5, 5.41) is 8.85. The van der Waals surface area contributed by atoms with Gasteiger partial charge in [-0.2, -0.15) is 0 Å². The van der Waals surface area contributed by atoms with Crippen molar-refractivity contribution in [1.82, 2.24) is 0 Å². The summed E-state index contributed by atoms with van der Waals surface area (Å²) in [6.45, 7) is 1.83. The van der Waals surface area contributed by atoms with Crippen LogP contribution in [0.15, 0.2) is 18.2 Å². The number of carboxylic acid groups (broad SMARTS) is 1. The molecule has 1 N–H and O–H groups in total. The van der Waals surface area contributed by atoms with Crippen molar-refractivity contribution in [2.24, 2.45) is 5.92 Å². The third-order valence-electron chi connectivity index (χ3n) is 2.87. The number of anilines is 1. The van der Waals surface area contributed by atoms with Crippen LogP contribution >= 0.6 is 0 Å². The summed E-state index contributed by atoms with van der Waals surface area (Å²) in [6, 6.07) is 4.44. The fourth-order valence-electron chi connectivity index (χ4n) is 1.94. The summed E-state index contributed by atoms with van der Waals surface area (Å²) in [5.74, 6) is -2.62. The number of halogens is 1. The van der Waals surface area contributed by atoms with E-state index in [1.165, 1.54) is 11.0 Å². The van der Waals surface area contributed by atoms with Gasteiger partial charge in [-0.15, -0.1) is 0 Å². The van der Waals surface area contributed by atoms with Crippen LogP contribution in [0.3, 0.4) is 0 Å². The summed E-state index contributed by atoms with van der Waals surface area (Å²) in [6.07, 6.45) is -0.0668. The summed E-state index contributed by atoms with van der Waals surface area (Å²) in [7, 11) is 0. The maximum Gasteiger partial charge on any atom is 0.308 e. The van der Waals surface area contributed by atoms with E-state index in [1.54, 1.807) is 19.1 Å². The van der Waals surface area contributed by atoms with Crippen molar-refractivity contribution < 1.29 is 19.1 Å². The molecule has 1 heterocycles. The van der Waals surface area contributed by atoms with Crippen molar-refractivity contribution in [3.05, 3.63) is 29.6 Å². The number of hydrogen-bond donors (Lipinski definition) is 1. The van der Waals surface area contributed by atoms with E-state index in [0.29, 0.717) is 0 Å². The fourth-order valence-corrected chi connectivity index (χ4v) is 1.94. The van der Waals surface area contributed by atoms with E-state index in [1.807, 2.05) is 0 Å². The lowest BCUT2D eigenvalue weighted by atomic mass is 10.1. The topological polar surface area (TPSA) is 57.6 Å². The van der Waals surface area contributed by atoms with Gasteiger partial charge in [-0.3, -0.25) is 9.59 Å². The molecule has 0 radical (unpaired) electrons. The van der Waals surface area contributed by atoms with E-state index in [0.717, 1.165) is 5.56 Å². The normalized spacial score (nSPS) is 19.8. The zero-order chi connectivity index (χ0) is 12.6. The SMILES string of the molecule is Cc1ccc(F)c(N2C[C@@H](C(=O)O)CC2=O)c1. The van der Waals surface area contributed by atoms with Crippen molar-refractivity contribution in [2.45, 2.75) is 13.3 Å². The van der Waals surface area contributed by atoms with Crippen LogP contribution in [0.1, 0.15) is 12.0 Å². The van der Waals surface area contributed by atoms with Gasteiger partial charge in [-0.25, -0.2) is 4.39 Å². The van der Waals surface area contributed by atoms with Crippen LogP contribution in [0.4, 0.5) is 10.1 Å². The predicted octanol–water partition coefficient (Wildman–Crippen LogP) is 1.57. The number of nitrogens with zero attached hydrogens (tertiary/aromatic N) is 1. The molecule has 1 fully saturated rings. The Bertz CT molecular complexity index is 487. The number of amides is 1. The number of carboxylic acids is 1. The van der Waals surface area contributed by atoms with Crippen molar-refractivity contribution in [1.29, 1.82) is 0 Å². The number of carbonyl (C=O) groups is 2. The molecule has 1 atom stereocenters. The number of hydrogen-bond acceptors (Lipinski definition) is 2. The molecule has 2 rings (SSSR count). The highest BCUT2D eigenvalue weighted by atomic mass is 19.1. The molecule has 1 aromatic rings. The highest BCUT2D eigenvalue weighted by molar-refractivity contribution is 5.99. The number of carbonyl (C=O) groups excluding carboxylic acids is 1. The molecule has 17 heavy (non-hydrogen) atoms. The number of rotatable bonds is 2. The first-order valence-electron chi connectivity index (χ1n) is 5.28. The zero-order valence-electron chi connectivity index (χ0n) is 9.31. The molecule has 5 heteroatoms. The second-order valence-electron chi connectivity index (χ2n) is 4.20. The average molecular weight is 237 g/mol. The highest BCUT2D eigenvalue weighted by Gasteiger charge is 2.36. The average Bonchev–Trinajstić information content (AvgIpc) is 2.64. The van der Waals surface area contributed by atoms with E-state index in [4.69, 9.17) is 5.11 Å². The second kappa shape index (κ2) is 4.16. The molecular formula is C12H12FNO3. The van der Waals surface area contributed by atoms with E-state index in [2.05, 4.69) is 0 Å². The third kappa shape index (κ3) is 2.13. The maximum absolute atomic E-state index is 13.6. The van der Waals surface area contributed by atoms with E-state index >= 15 is 0 Å². The Labute approximate surface area is 97.7 Å². The summed E-state index contributed by atoms with van der Waals surface area (Å²) >= 11 is 0. The molecule has 0 aromatic heterocycles. The van der Waals surface area contributed by atoms with Crippen LogP contribution in [-0.4, -0.2) is 23.5 Å². The van der Waals surface area contributed by atoms with E-state index in [-0.39, 0.29) is 24.6 Å². The zero-order valence-corrected chi connectivity index (χ0v) is 9.31. The quantitative estimate of drug-likeness (QED) is 0.849. The van der Waals surface area contributed by atoms with Gasteiger partial charge in [0.25, 0.3) is 0 Å². The van der Waals surface area contributed by atoms with Gasteiger partial charge in [0.05, 0.1) is 11.6 Å². The molecule has 0 bridgehead atoms. The van der Waals surface area contributed by atoms with Crippen molar-refractivity contribution in [3.8, 4) is 0 Å². The molecule has 1 aromatic carbocycles. The first-order valence-corrected chi connectivity index (χ1v) is 5.28. The predicted molar refractivity (Wildman–Crippen MR) is 59.2 cm³/mol. The van der Waals surface area contributed by atoms with Crippen molar-refractivity contribution >= 4 is 17.6 Å². The smallest absolute Gasteiger partial charge is 0.308 e. The Morgan fingerprint density at radius 3 is 2.82 bits per heavy atom. The standard InChI is InChI=1S/C12H12FNO3/c1-7-2-3-9(13)10(4-7)14-6-8(12(16)17)5-11(14)15/h2-4,8H,5-6H2,1H3,(H,16,17)/t8-/m0/s1. The van der Waals surface area contributed by atoms with Crippen molar-refractivity contribution in [3.63, 3.8) is 0 Å². The first kappa shape index (κ1) is 11.6. The summed E-state index contributed by atoms with van der Waals surface area (Å²) < 4.78 is 13.6. The lowest BCUT2D eigenvalue weighted by Gasteiger charge is -2.17.